The molecular weight excluding hydrogens is 310 g/mol. The molecule has 0 saturated carbocycles. The maximum Gasteiger partial charge on any atom is 0.340 e. The smallest absolute Gasteiger partial charge is 0.340 e. The highest BCUT2D eigenvalue weighted by Gasteiger charge is 2.34. The quantitative estimate of drug-likeness (QED) is 0.795. The van der Waals surface area contributed by atoms with Crippen molar-refractivity contribution in [2.24, 2.45) is 5.92 Å². The second-order valence-electron chi connectivity index (χ2n) is 4.94. The Morgan fingerprint density at radius 1 is 1.52 bits per heavy atom. The lowest BCUT2D eigenvalue weighted by atomic mass is 10.1. The Bertz CT molecular complexity index is 582. The number of thiophene rings is 1. The predicted molar refractivity (Wildman–Crippen MR) is 84.0 cm³/mol. The van der Waals surface area contributed by atoms with Gasteiger partial charge in [-0.1, -0.05) is 11.8 Å². The summed E-state index contributed by atoms with van der Waals surface area (Å²) in [4.78, 5) is 37.6. The van der Waals surface area contributed by atoms with Crippen molar-refractivity contribution >= 4 is 45.1 Å². The van der Waals surface area contributed by atoms with E-state index in [2.05, 4.69) is 0 Å². The summed E-state index contributed by atoms with van der Waals surface area (Å²) in [5.74, 6) is 0.342. The predicted octanol–water partition coefficient (Wildman–Crippen LogP) is 2.48. The first-order valence-electron chi connectivity index (χ1n) is 6.54. The van der Waals surface area contributed by atoms with Gasteiger partial charge in [-0.05, 0) is 18.9 Å². The van der Waals surface area contributed by atoms with Crippen LogP contribution in [0.2, 0.25) is 0 Å². The minimum atomic E-state index is -0.427. The lowest BCUT2D eigenvalue weighted by molar-refractivity contribution is -0.117. The number of carbonyl (C=O) groups excluding carboxylic acids is 3. The molecule has 1 amide bonds. The number of esters is 1. The number of aryl methyl sites for hydroxylation is 1. The molecule has 1 aromatic rings. The van der Waals surface area contributed by atoms with Gasteiger partial charge in [0.05, 0.1) is 12.7 Å². The third kappa shape index (κ3) is 3.65. The standard InChI is InChI=1S/C14H17NO4S2/c1-8-4-11(14(18)19-3)13(21-8)15-6-10(5-12(15)17)7-20-9(2)16/h4,10H,5-7H2,1-3H3. The van der Waals surface area contributed by atoms with Crippen LogP contribution in [-0.2, 0) is 14.3 Å². The van der Waals surface area contributed by atoms with E-state index in [-0.39, 0.29) is 16.9 Å². The molecule has 0 aliphatic carbocycles. The summed E-state index contributed by atoms with van der Waals surface area (Å²) in [5, 5.41) is 0.711. The molecular formula is C14H17NO4S2. The molecule has 0 N–H and O–H groups in total. The third-order valence-corrected chi connectivity index (χ3v) is 5.33. The Labute approximate surface area is 131 Å². The zero-order chi connectivity index (χ0) is 15.6. The lowest BCUT2D eigenvalue weighted by Gasteiger charge is -2.16. The molecule has 1 aliphatic heterocycles. The number of carbonyl (C=O) groups is 3. The number of anilines is 1. The summed E-state index contributed by atoms with van der Waals surface area (Å²) >= 11 is 2.66. The van der Waals surface area contributed by atoms with Crippen LogP contribution < -0.4 is 4.90 Å². The van der Waals surface area contributed by atoms with Gasteiger partial charge in [0.1, 0.15) is 5.00 Å². The van der Waals surface area contributed by atoms with E-state index in [1.807, 2.05) is 6.92 Å². The average molecular weight is 327 g/mol. The molecule has 0 aromatic carbocycles. The van der Waals surface area contributed by atoms with Gasteiger partial charge in [0.25, 0.3) is 0 Å². The van der Waals surface area contributed by atoms with E-state index in [1.54, 1.807) is 11.0 Å². The minimum absolute atomic E-state index is 0.00356. The van der Waals surface area contributed by atoms with Crippen molar-refractivity contribution in [2.75, 3.05) is 24.3 Å². The first kappa shape index (κ1) is 16.0. The number of rotatable bonds is 4. The molecule has 1 saturated heterocycles. The van der Waals surface area contributed by atoms with E-state index in [0.717, 1.165) is 4.88 Å². The van der Waals surface area contributed by atoms with Crippen LogP contribution in [-0.4, -0.2) is 36.4 Å². The topological polar surface area (TPSA) is 63.7 Å². The number of amides is 1. The normalized spacial score (nSPS) is 18.1. The number of hydrogen-bond donors (Lipinski definition) is 0. The van der Waals surface area contributed by atoms with Gasteiger partial charge in [0.2, 0.25) is 5.91 Å². The van der Waals surface area contributed by atoms with E-state index >= 15 is 0 Å². The van der Waals surface area contributed by atoms with Crippen LogP contribution >= 0.6 is 23.1 Å². The first-order valence-corrected chi connectivity index (χ1v) is 8.35. The molecule has 1 fully saturated rings. The number of methoxy groups -OCH3 is 1. The molecule has 2 heterocycles. The van der Waals surface area contributed by atoms with Gasteiger partial charge in [-0.25, -0.2) is 4.79 Å². The molecule has 21 heavy (non-hydrogen) atoms. The monoisotopic (exact) mass is 327 g/mol. The van der Waals surface area contributed by atoms with Crippen LogP contribution in [0.4, 0.5) is 5.00 Å². The van der Waals surface area contributed by atoms with E-state index in [0.29, 0.717) is 29.3 Å². The average Bonchev–Trinajstić information content (AvgIpc) is 2.98. The Kier molecular flexibility index (Phi) is 5.05. The van der Waals surface area contributed by atoms with E-state index in [1.165, 1.54) is 37.1 Å². The highest BCUT2D eigenvalue weighted by Crippen LogP contribution is 2.36. The van der Waals surface area contributed by atoms with E-state index in [4.69, 9.17) is 4.74 Å². The summed E-state index contributed by atoms with van der Waals surface area (Å²) in [6.45, 7) is 3.96. The summed E-state index contributed by atoms with van der Waals surface area (Å²) in [6.07, 6.45) is 0.415. The minimum Gasteiger partial charge on any atom is -0.465 e. The highest BCUT2D eigenvalue weighted by molar-refractivity contribution is 8.13. The molecule has 0 spiro atoms. The molecule has 1 aromatic heterocycles. The van der Waals surface area contributed by atoms with Gasteiger partial charge < -0.3 is 9.64 Å². The summed E-state index contributed by atoms with van der Waals surface area (Å²) in [6, 6.07) is 1.75. The van der Waals surface area contributed by atoms with Gasteiger partial charge in [0, 0.05) is 30.5 Å². The number of hydrogen-bond acceptors (Lipinski definition) is 6. The molecule has 5 nitrogen and oxygen atoms in total. The third-order valence-electron chi connectivity index (χ3n) is 3.21. The number of nitrogens with zero attached hydrogens (tertiary/aromatic N) is 1. The Hall–Kier alpha value is -1.34. The van der Waals surface area contributed by atoms with Gasteiger partial charge in [0.15, 0.2) is 5.12 Å². The van der Waals surface area contributed by atoms with E-state index < -0.39 is 5.97 Å². The van der Waals surface area contributed by atoms with Crippen molar-refractivity contribution in [1.82, 2.24) is 0 Å². The molecule has 1 unspecified atom stereocenters. The van der Waals surface area contributed by atoms with Crippen molar-refractivity contribution in [3.05, 3.63) is 16.5 Å². The summed E-state index contributed by atoms with van der Waals surface area (Å²) in [5.41, 5.74) is 0.438. The fourth-order valence-electron chi connectivity index (χ4n) is 2.28. The van der Waals surface area contributed by atoms with Crippen LogP contribution in [0.25, 0.3) is 0 Å². The fourth-order valence-corrected chi connectivity index (χ4v) is 4.00. The van der Waals surface area contributed by atoms with Crippen LogP contribution in [0, 0.1) is 12.8 Å². The van der Waals surface area contributed by atoms with Gasteiger partial charge in [-0.3, -0.25) is 9.59 Å². The van der Waals surface area contributed by atoms with Crippen LogP contribution in [0.3, 0.4) is 0 Å². The van der Waals surface area contributed by atoms with Gasteiger partial charge in [-0.2, -0.15) is 0 Å². The van der Waals surface area contributed by atoms with Crippen molar-refractivity contribution in [2.45, 2.75) is 20.3 Å². The van der Waals surface area contributed by atoms with Crippen molar-refractivity contribution in [3.8, 4) is 0 Å². The highest BCUT2D eigenvalue weighted by atomic mass is 32.2. The molecule has 114 valence electrons. The maximum absolute atomic E-state index is 12.2. The first-order chi connectivity index (χ1) is 9.92. The number of thioether (sulfide) groups is 1. The molecule has 1 atom stereocenters. The summed E-state index contributed by atoms with van der Waals surface area (Å²) < 4.78 is 4.77. The Morgan fingerprint density at radius 3 is 2.86 bits per heavy atom. The van der Waals surface area contributed by atoms with E-state index in [9.17, 15) is 14.4 Å². The summed E-state index contributed by atoms with van der Waals surface area (Å²) in [7, 11) is 1.33. The number of ether oxygens (including phenoxy) is 1. The SMILES string of the molecule is COC(=O)c1cc(C)sc1N1CC(CSC(C)=O)CC1=O. The van der Waals surface area contributed by atoms with Crippen molar-refractivity contribution < 1.29 is 19.1 Å². The lowest BCUT2D eigenvalue weighted by Crippen LogP contribution is -2.25. The second kappa shape index (κ2) is 6.62. The molecule has 2 rings (SSSR count). The molecule has 7 heteroatoms. The van der Waals surface area contributed by atoms with Crippen molar-refractivity contribution in [3.63, 3.8) is 0 Å². The fraction of sp³-hybridized carbons (Fsp3) is 0.500. The zero-order valence-electron chi connectivity index (χ0n) is 12.2. The zero-order valence-corrected chi connectivity index (χ0v) is 13.8. The Balaban J connectivity index is 2.17. The Morgan fingerprint density at radius 2 is 2.24 bits per heavy atom. The van der Waals surface area contributed by atoms with Gasteiger partial charge >= 0.3 is 5.97 Å². The van der Waals surface area contributed by atoms with Gasteiger partial charge in [-0.15, -0.1) is 11.3 Å². The van der Waals surface area contributed by atoms with Crippen LogP contribution in [0.5, 0.6) is 0 Å². The van der Waals surface area contributed by atoms with Crippen molar-refractivity contribution in [1.29, 1.82) is 0 Å². The maximum atomic E-state index is 12.2. The molecule has 0 bridgehead atoms. The molecule has 1 aliphatic rings. The molecule has 0 radical (unpaired) electrons. The van der Waals surface area contributed by atoms with Crippen LogP contribution in [0.1, 0.15) is 28.6 Å². The second-order valence-corrected chi connectivity index (χ2v) is 7.38. The largest absolute Gasteiger partial charge is 0.465 e. The van der Waals surface area contributed by atoms with Crippen LogP contribution in [0.15, 0.2) is 6.07 Å².